The van der Waals surface area contributed by atoms with Crippen LogP contribution in [-0.2, 0) is 11.3 Å². The van der Waals surface area contributed by atoms with Crippen molar-refractivity contribution in [2.75, 3.05) is 19.7 Å². The summed E-state index contributed by atoms with van der Waals surface area (Å²) in [6.07, 6.45) is 7.04. The molecule has 6 rings (SSSR count). The maximum Gasteiger partial charge on any atom is 0.245 e. The summed E-state index contributed by atoms with van der Waals surface area (Å²) in [6, 6.07) is 11.9. The van der Waals surface area contributed by atoms with Crippen molar-refractivity contribution in [1.29, 1.82) is 0 Å². The van der Waals surface area contributed by atoms with Crippen molar-refractivity contribution in [1.82, 2.24) is 29.4 Å². The van der Waals surface area contributed by atoms with Gasteiger partial charge in [-0.3, -0.25) is 4.79 Å². The first-order chi connectivity index (χ1) is 18.9. The minimum atomic E-state index is -0.203. The van der Waals surface area contributed by atoms with Crippen LogP contribution in [0.5, 0.6) is 11.8 Å². The van der Waals surface area contributed by atoms with Gasteiger partial charge in [0.15, 0.2) is 11.2 Å². The fraction of sp³-hybridized carbons (Fsp3) is 0.414. The number of hydrogen-bond donors (Lipinski definition) is 0. The Hall–Kier alpha value is -3.72. The van der Waals surface area contributed by atoms with Gasteiger partial charge in [-0.05, 0) is 44.1 Å². The van der Waals surface area contributed by atoms with E-state index in [4.69, 9.17) is 26.1 Å². The van der Waals surface area contributed by atoms with E-state index in [0.717, 1.165) is 44.3 Å². The number of pyridine rings is 1. The molecule has 1 saturated carbocycles. The summed E-state index contributed by atoms with van der Waals surface area (Å²) in [5.41, 5.74) is 2.86. The molecule has 0 bridgehead atoms. The maximum absolute atomic E-state index is 11.6. The highest BCUT2D eigenvalue weighted by Gasteiger charge is 2.41. The average Bonchev–Trinajstić information content (AvgIpc) is 3.56. The Labute approximate surface area is 232 Å². The van der Waals surface area contributed by atoms with Crippen LogP contribution in [0.25, 0.3) is 22.6 Å². The Bertz CT molecular complexity index is 1500. The molecule has 4 heterocycles. The molecule has 0 radical (unpaired) electrons. The van der Waals surface area contributed by atoms with Gasteiger partial charge >= 0.3 is 0 Å². The SMILES string of the molecule is CC(=O)N1CCC(COc2cc(Cl)c(-c3nc4c(OC5(C)CC5)ncnc4n3Cc3ccccc3)cn2)CC1. The molecule has 10 heteroatoms. The molecule has 0 atom stereocenters. The van der Waals surface area contributed by atoms with Gasteiger partial charge in [-0.1, -0.05) is 41.9 Å². The number of hydrogen-bond acceptors (Lipinski definition) is 7. The van der Waals surface area contributed by atoms with Gasteiger partial charge in [0.25, 0.3) is 0 Å². The summed E-state index contributed by atoms with van der Waals surface area (Å²) in [5.74, 6) is 2.09. The van der Waals surface area contributed by atoms with E-state index in [1.807, 2.05) is 27.7 Å². The van der Waals surface area contributed by atoms with E-state index >= 15 is 0 Å². The quantitative estimate of drug-likeness (QED) is 0.301. The van der Waals surface area contributed by atoms with Gasteiger partial charge in [0.05, 0.1) is 23.7 Å². The van der Waals surface area contributed by atoms with E-state index in [-0.39, 0.29) is 11.5 Å². The van der Waals surface area contributed by atoms with Crippen LogP contribution in [0.1, 0.15) is 45.1 Å². The molecule has 1 saturated heterocycles. The normalized spacial score (nSPS) is 16.8. The minimum Gasteiger partial charge on any atom is -0.477 e. The Kier molecular flexibility index (Phi) is 6.85. The smallest absolute Gasteiger partial charge is 0.245 e. The first-order valence-electron chi connectivity index (χ1n) is 13.4. The Morgan fingerprint density at radius 3 is 2.59 bits per heavy atom. The zero-order valence-electron chi connectivity index (χ0n) is 22.1. The van der Waals surface area contributed by atoms with Crippen molar-refractivity contribution in [2.45, 2.75) is 51.7 Å². The number of nitrogens with zero attached hydrogens (tertiary/aromatic N) is 6. The van der Waals surface area contributed by atoms with E-state index in [0.29, 0.717) is 58.4 Å². The number of rotatable bonds is 8. The van der Waals surface area contributed by atoms with Crippen molar-refractivity contribution in [3.8, 4) is 23.1 Å². The lowest BCUT2D eigenvalue weighted by molar-refractivity contribution is -0.130. The van der Waals surface area contributed by atoms with E-state index in [1.165, 1.54) is 6.33 Å². The van der Waals surface area contributed by atoms with Crippen LogP contribution in [0.4, 0.5) is 0 Å². The second kappa shape index (κ2) is 10.4. The topological polar surface area (TPSA) is 95.3 Å². The summed E-state index contributed by atoms with van der Waals surface area (Å²) in [4.78, 5) is 32.0. The molecule has 1 aliphatic heterocycles. The van der Waals surface area contributed by atoms with Gasteiger partial charge in [-0.25, -0.2) is 15.0 Å². The summed E-state index contributed by atoms with van der Waals surface area (Å²) in [5, 5.41) is 0.487. The Morgan fingerprint density at radius 1 is 1.13 bits per heavy atom. The average molecular weight is 547 g/mol. The van der Waals surface area contributed by atoms with Crippen LogP contribution in [0.2, 0.25) is 5.02 Å². The fourth-order valence-corrected chi connectivity index (χ4v) is 5.12. The Morgan fingerprint density at radius 2 is 1.90 bits per heavy atom. The van der Waals surface area contributed by atoms with Crippen molar-refractivity contribution in [3.05, 3.63) is 59.5 Å². The van der Waals surface area contributed by atoms with E-state index < -0.39 is 0 Å². The molecule has 39 heavy (non-hydrogen) atoms. The number of halogens is 1. The first-order valence-corrected chi connectivity index (χ1v) is 13.7. The largest absolute Gasteiger partial charge is 0.477 e. The number of likely N-dealkylation sites (tertiary alicyclic amines) is 1. The molecule has 202 valence electrons. The number of piperidine rings is 1. The number of amides is 1. The molecular formula is C29H31ClN6O3. The summed E-state index contributed by atoms with van der Waals surface area (Å²) >= 11 is 6.81. The molecule has 0 unspecified atom stereocenters. The fourth-order valence-electron chi connectivity index (χ4n) is 4.90. The lowest BCUT2D eigenvalue weighted by Gasteiger charge is -2.31. The first kappa shape index (κ1) is 25.6. The zero-order chi connectivity index (χ0) is 27.0. The van der Waals surface area contributed by atoms with Crippen molar-refractivity contribution < 1.29 is 14.3 Å². The molecule has 0 N–H and O–H groups in total. The van der Waals surface area contributed by atoms with Gasteiger partial charge in [0.2, 0.25) is 17.7 Å². The van der Waals surface area contributed by atoms with Gasteiger partial charge in [-0.15, -0.1) is 0 Å². The monoisotopic (exact) mass is 546 g/mol. The summed E-state index contributed by atoms with van der Waals surface area (Å²) in [7, 11) is 0. The summed E-state index contributed by atoms with van der Waals surface area (Å²) in [6.45, 7) is 6.31. The van der Waals surface area contributed by atoms with Crippen LogP contribution in [0.3, 0.4) is 0 Å². The standard InChI is InChI=1S/C29H31ClN6O3/c1-19(37)35-12-8-21(9-13-35)17-38-24-14-23(30)22(15-31-24)26-34-25-27(36(26)16-20-6-4-3-5-7-20)32-18-33-28(25)39-29(2)10-11-29/h3-7,14-15,18,21H,8-13,16-17H2,1-2H3. The number of imidazole rings is 1. The lowest BCUT2D eigenvalue weighted by Crippen LogP contribution is -2.38. The molecule has 3 aromatic heterocycles. The second-order valence-corrected chi connectivity index (χ2v) is 11.1. The number of aromatic nitrogens is 5. The molecule has 0 spiro atoms. The zero-order valence-corrected chi connectivity index (χ0v) is 22.9. The van der Waals surface area contributed by atoms with Crippen LogP contribution in [0.15, 0.2) is 48.9 Å². The van der Waals surface area contributed by atoms with E-state index in [2.05, 4.69) is 34.0 Å². The molecule has 2 fully saturated rings. The highest BCUT2D eigenvalue weighted by atomic mass is 35.5. The molecule has 1 amide bonds. The molecule has 9 nitrogen and oxygen atoms in total. The van der Waals surface area contributed by atoms with Gasteiger partial charge in [0.1, 0.15) is 17.8 Å². The highest BCUT2D eigenvalue weighted by Crippen LogP contribution is 2.41. The number of benzene rings is 1. The lowest BCUT2D eigenvalue weighted by atomic mass is 9.98. The molecule has 4 aromatic rings. The second-order valence-electron chi connectivity index (χ2n) is 10.7. The predicted octanol–water partition coefficient (Wildman–Crippen LogP) is 5.16. The van der Waals surface area contributed by atoms with Crippen LogP contribution >= 0.6 is 11.6 Å². The molecule has 2 aliphatic rings. The molecule has 1 aromatic carbocycles. The number of fused-ring (bicyclic) bond motifs is 1. The minimum absolute atomic E-state index is 0.128. The molecule has 1 aliphatic carbocycles. The van der Waals surface area contributed by atoms with E-state index in [1.54, 1.807) is 19.2 Å². The number of carbonyl (C=O) groups is 1. The molecular weight excluding hydrogens is 516 g/mol. The van der Waals surface area contributed by atoms with Crippen molar-refractivity contribution in [3.63, 3.8) is 0 Å². The van der Waals surface area contributed by atoms with Gasteiger partial charge in [-0.2, -0.15) is 4.98 Å². The maximum atomic E-state index is 11.6. The third-order valence-corrected chi connectivity index (χ3v) is 7.89. The van der Waals surface area contributed by atoms with Crippen LogP contribution in [-0.4, -0.2) is 60.6 Å². The highest BCUT2D eigenvalue weighted by molar-refractivity contribution is 6.33. The van der Waals surface area contributed by atoms with Gasteiger partial charge < -0.3 is 18.9 Å². The predicted molar refractivity (Wildman–Crippen MR) is 148 cm³/mol. The number of ether oxygens (including phenoxy) is 2. The van der Waals surface area contributed by atoms with Crippen LogP contribution in [0, 0.1) is 5.92 Å². The van der Waals surface area contributed by atoms with E-state index in [9.17, 15) is 4.79 Å². The third-order valence-electron chi connectivity index (χ3n) is 7.58. The van der Waals surface area contributed by atoms with Crippen molar-refractivity contribution >= 4 is 28.7 Å². The number of carbonyl (C=O) groups excluding carboxylic acids is 1. The van der Waals surface area contributed by atoms with Crippen molar-refractivity contribution in [2.24, 2.45) is 5.92 Å². The third kappa shape index (κ3) is 5.54. The Balaban J connectivity index is 1.28. The summed E-state index contributed by atoms with van der Waals surface area (Å²) < 4.78 is 14.3. The van der Waals surface area contributed by atoms with Crippen LogP contribution < -0.4 is 9.47 Å². The van der Waals surface area contributed by atoms with Gasteiger partial charge in [0, 0.05) is 32.3 Å².